The summed E-state index contributed by atoms with van der Waals surface area (Å²) in [6.07, 6.45) is 1.07. The van der Waals surface area contributed by atoms with Crippen molar-refractivity contribution in [3.8, 4) is 22.8 Å². The Balaban J connectivity index is 1.48. The number of hydrogen-bond donors (Lipinski definition) is 1. The predicted octanol–water partition coefficient (Wildman–Crippen LogP) is 3.50. The molecule has 7 nitrogen and oxygen atoms in total. The molecule has 1 aliphatic carbocycles. The Morgan fingerprint density at radius 1 is 1.06 bits per heavy atom. The standard InChI is InChI=1S/C24H22N2O5/c1-14(23(27)25-16-7-8-16)31-24(28)18-13-20(26-19-5-3-2-4-17(18)19)15-6-9-21-22(12-15)30-11-10-29-21/h2-6,9,12-14,16H,7-8,10-11H2,1H3,(H,25,27)/t14-/m1/s1. The number of carbonyl (C=O) groups is 2. The van der Waals surface area contributed by atoms with Crippen LogP contribution in [0.25, 0.3) is 22.2 Å². The van der Waals surface area contributed by atoms with Crippen LogP contribution in [0, 0.1) is 0 Å². The number of hydrogen-bond acceptors (Lipinski definition) is 6. The second kappa shape index (κ2) is 7.91. The fourth-order valence-corrected chi connectivity index (χ4v) is 3.52. The van der Waals surface area contributed by atoms with Crippen molar-refractivity contribution in [2.75, 3.05) is 13.2 Å². The van der Waals surface area contributed by atoms with Gasteiger partial charge in [-0.2, -0.15) is 0 Å². The number of ether oxygens (including phenoxy) is 3. The molecule has 0 radical (unpaired) electrons. The van der Waals surface area contributed by atoms with E-state index in [4.69, 9.17) is 19.2 Å². The summed E-state index contributed by atoms with van der Waals surface area (Å²) in [6.45, 7) is 2.59. The average molecular weight is 418 g/mol. The molecular weight excluding hydrogens is 396 g/mol. The normalized spacial score (nSPS) is 15.9. The lowest BCUT2D eigenvalue weighted by atomic mass is 10.0. The quantitative estimate of drug-likeness (QED) is 0.639. The van der Waals surface area contributed by atoms with Crippen LogP contribution >= 0.6 is 0 Å². The van der Waals surface area contributed by atoms with Gasteiger partial charge < -0.3 is 19.5 Å². The number of aromatic nitrogens is 1. The highest BCUT2D eigenvalue weighted by atomic mass is 16.6. The first kappa shape index (κ1) is 19.4. The van der Waals surface area contributed by atoms with E-state index >= 15 is 0 Å². The van der Waals surface area contributed by atoms with Crippen LogP contribution in [0.5, 0.6) is 11.5 Å². The number of nitrogens with one attached hydrogen (secondary N) is 1. The molecule has 5 rings (SSSR count). The van der Waals surface area contributed by atoms with Gasteiger partial charge in [0.15, 0.2) is 17.6 Å². The van der Waals surface area contributed by atoms with Crippen LogP contribution < -0.4 is 14.8 Å². The van der Waals surface area contributed by atoms with E-state index in [2.05, 4.69) is 5.32 Å². The average Bonchev–Trinajstić information content (AvgIpc) is 3.61. The van der Waals surface area contributed by atoms with E-state index < -0.39 is 12.1 Å². The molecule has 0 spiro atoms. The summed E-state index contributed by atoms with van der Waals surface area (Å²) in [4.78, 5) is 30.0. The Morgan fingerprint density at radius 3 is 2.65 bits per heavy atom. The van der Waals surface area contributed by atoms with Crippen LogP contribution in [0.2, 0.25) is 0 Å². The molecule has 0 saturated heterocycles. The highest BCUT2D eigenvalue weighted by Gasteiger charge is 2.28. The maximum Gasteiger partial charge on any atom is 0.339 e. The number of esters is 1. The van der Waals surface area contributed by atoms with Crippen molar-refractivity contribution < 1.29 is 23.8 Å². The Kier molecular flexibility index (Phi) is 4.94. The minimum atomic E-state index is -0.877. The molecule has 158 valence electrons. The Labute approximate surface area is 179 Å². The molecule has 2 aromatic carbocycles. The molecule has 1 amide bonds. The molecule has 1 aliphatic heterocycles. The van der Waals surface area contributed by atoms with E-state index in [9.17, 15) is 9.59 Å². The van der Waals surface area contributed by atoms with E-state index in [0.717, 1.165) is 18.4 Å². The molecule has 2 heterocycles. The van der Waals surface area contributed by atoms with Gasteiger partial charge in [-0.3, -0.25) is 4.79 Å². The van der Waals surface area contributed by atoms with Gasteiger partial charge in [0.1, 0.15) is 13.2 Å². The maximum absolute atomic E-state index is 13.0. The van der Waals surface area contributed by atoms with Crippen LogP contribution in [0.1, 0.15) is 30.1 Å². The van der Waals surface area contributed by atoms with Gasteiger partial charge in [-0.1, -0.05) is 18.2 Å². The van der Waals surface area contributed by atoms with E-state index in [1.54, 1.807) is 13.0 Å². The number of rotatable bonds is 5. The monoisotopic (exact) mass is 418 g/mol. The third-order valence-electron chi connectivity index (χ3n) is 5.35. The van der Waals surface area contributed by atoms with Crippen molar-refractivity contribution >= 4 is 22.8 Å². The first-order valence-corrected chi connectivity index (χ1v) is 10.4. The Bertz CT molecular complexity index is 1170. The Morgan fingerprint density at radius 2 is 1.84 bits per heavy atom. The van der Waals surface area contributed by atoms with Crippen molar-refractivity contribution in [2.45, 2.75) is 31.9 Å². The second-order valence-corrected chi connectivity index (χ2v) is 7.76. The van der Waals surface area contributed by atoms with E-state index in [1.165, 1.54) is 0 Å². The lowest BCUT2D eigenvalue weighted by Gasteiger charge is -2.19. The summed E-state index contributed by atoms with van der Waals surface area (Å²) >= 11 is 0. The maximum atomic E-state index is 13.0. The molecule has 2 aliphatic rings. The Hall–Kier alpha value is -3.61. The molecule has 31 heavy (non-hydrogen) atoms. The van der Waals surface area contributed by atoms with Gasteiger partial charge in [0, 0.05) is 17.0 Å². The van der Waals surface area contributed by atoms with Gasteiger partial charge in [-0.25, -0.2) is 9.78 Å². The largest absolute Gasteiger partial charge is 0.486 e. The minimum Gasteiger partial charge on any atom is -0.486 e. The van der Waals surface area contributed by atoms with Gasteiger partial charge in [0.25, 0.3) is 5.91 Å². The minimum absolute atomic E-state index is 0.206. The van der Waals surface area contributed by atoms with Crippen molar-refractivity contribution in [1.82, 2.24) is 10.3 Å². The number of para-hydroxylation sites is 1. The second-order valence-electron chi connectivity index (χ2n) is 7.76. The van der Waals surface area contributed by atoms with Crippen molar-refractivity contribution in [3.05, 3.63) is 54.1 Å². The van der Waals surface area contributed by atoms with E-state index in [1.807, 2.05) is 42.5 Å². The molecule has 7 heteroatoms. The number of pyridine rings is 1. The lowest BCUT2D eigenvalue weighted by molar-refractivity contribution is -0.129. The topological polar surface area (TPSA) is 86.8 Å². The number of benzene rings is 2. The zero-order valence-corrected chi connectivity index (χ0v) is 17.1. The zero-order chi connectivity index (χ0) is 21.4. The summed E-state index contributed by atoms with van der Waals surface area (Å²) in [5.74, 6) is 0.497. The van der Waals surface area contributed by atoms with E-state index in [-0.39, 0.29) is 11.9 Å². The number of amides is 1. The number of carbonyl (C=O) groups excluding carboxylic acids is 2. The molecule has 1 aromatic heterocycles. The van der Waals surface area contributed by atoms with Crippen molar-refractivity contribution in [2.24, 2.45) is 0 Å². The van der Waals surface area contributed by atoms with Crippen LogP contribution in [-0.4, -0.2) is 42.2 Å². The van der Waals surface area contributed by atoms with Crippen molar-refractivity contribution in [3.63, 3.8) is 0 Å². The van der Waals surface area contributed by atoms with Crippen LogP contribution in [0.15, 0.2) is 48.5 Å². The summed E-state index contributed by atoms with van der Waals surface area (Å²) in [5, 5.41) is 3.53. The summed E-state index contributed by atoms with van der Waals surface area (Å²) in [7, 11) is 0. The third kappa shape index (κ3) is 4.03. The van der Waals surface area contributed by atoms with Gasteiger partial charge in [-0.05, 0) is 50.1 Å². The number of nitrogens with zero attached hydrogens (tertiary/aromatic N) is 1. The highest BCUT2D eigenvalue weighted by molar-refractivity contribution is 6.05. The predicted molar refractivity (Wildman–Crippen MR) is 114 cm³/mol. The number of fused-ring (bicyclic) bond motifs is 2. The van der Waals surface area contributed by atoms with Gasteiger partial charge in [0.05, 0.1) is 16.8 Å². The first-order chi connectivity index (χ1) is 15.1. The molecule has 0 bridgehead atoms. The first-order valence-electron chi connectivity index (χ1n) is 10.4. The molecule has 1 atom stereocenters. The fourth-order valence-electron chi connectivity index (χ4n) is 3.52. The lowest BCUT2D eigenvalue weighted by Crippen LogP contribution is -2.37. The van der Waals surface area contributed by atoms with Gasteiger partial charge >= 0.3 is 5.97 Å². The van der Waals surface area contributed by atoms with Gasteiger partial charge in [-0.15, -0.1) is 0 Å². The third-order valence-corrected chi connectivity index (χ3v) is 5.35. The van der Waals surface area contributed by atoms with Crippen molar-refractivity contribution in [1.29, 1.82) is 0 Å². The highest BCUT2D eigenvalue weighted by Crippen LogP contribution is 2.35. The summed E-state index contributed by atoms with van der Waals surface area (Å²) in [5.41, 5.74) is 2.43. The molecule has 1 N–H and O–H groups in total. The molecule has 1 saturated carbocycles. The fraction of sp³-hybridized carbons (Fsp3) is 0.292. The molecule has 1 fully saturated rings. The molecule has 0 unspecified atom stereocenters. The summed E-state index contributed by atoms with van der Waals surface area (Å²) < 4.78 is 16.8. The van der Waals surface area contributed by atoms with Crippen LogP contribution in [0.3, 0.4) is 0 Å². The summed E-state index contributed by atoms with van der Waals surface area (Å²) in [6, 6.07) is 14.8. The van der Waals surface area contributed by atoms with Gasteiger partial charge in [0.2, 0.25) is 0 Å². The van der Waals surface area contributed by atoms with E-state index in [0.29, 0.717) is 46.9 Å². The zero-order valence-electron chi connectivity index (χ0n) is 17.1. The SMILES string of the molecule is C[C@@H](OC(=O)c1cc(-c2ccc3c(c2)OCCO3)nc2ccccc12)C(=O)NC1CC1. The van der Waals surface area contributed by atoms with Crippen LogP contribution in [-0.2, 0) is 9.53 Å². The smallest absolute Gasteiger partial charge is 0.339 e. The molecular formula is C24H22N2O5. The van der Waals surface area contributed by atoms with Crippen LogP contribution in [0.4, 0.5) is 0 Å². The molecule has 3 aromatic rings.